The molecule has 4 unspecified atom stereocenters. The van der Waals surface area contributed by atoms with E-state index in [0.29, 0.717) is 15.7 Å². The van der Waals surface area contributed by atoms with Gasteiger partial charge in [0.2, 0.25) is 5.91 Å². The number of anilines is 2. The van der Waals surface area contributed by atoms with Gasteiger partial charge in [0.15, 0.2) is 0 Å². The number of nitrogens with one attached hydrogen (secondary N) is 2. The lowest BCUT2D eigenvalue weighted by Gasteiger charge is -2.27. The Kier molecular flexibility index (Phi) is 5.89. The van der Waals surface area contributed by atoms with Crippen LogP contribution in [-0.2, 0) is 19.6 Å². The third-order valence-corrected chi connectivity index (χ3v) is 7.88. The topological polar surface area (TPSA) is 113 Å². The van der Waals surface area contributed by atoms with Crippen LogP contribution in [0.4, 0.5) is 11.4 Å². The number of carboxylic acids is 1. The lowest BCUT2D eigenvalue weighted by molar-refractivity contribution is -0.148. The fourth-order valence-electron chi connectivity index (χ4n) is 4.79. The van der Waals surface area contributed by atoms with Gasteiger partial charge in [0, 0.05) is 15.7 Å². The second-order valence-corrected chi connectivity index (χ2v) is 10.6. The maximum absolute atomic E-state index is 12.8. The van der Waals surface area contributed by atoms with E-state index in [2.05, 4.69) is 10.0 Å². The lowest BCUT2D eigenvalue weighted by Crippen LogP contribution is -2.37. The highest BCUT2D eigenvalue weighted by Gasteiger charge is 2.53. The van der Waals surface area contributed by atoms with Crippen molar-refractivity contribution in [2.24, 2.45) is 23.7 Å². The van der Waals surface area contributed by atoms with Gasteiger partial charge in [-0.15, -0.1) is 0 Å². The Morgan fingerprint density at radius 2 is 1.48 bits per heavy atom. The molecule has 2 aliphatic carbocycles. The fourth-order valence-corrected chi connectivity index (χ4v) is 6.36. The SMILES string of the molecule is O=C(O)C1C2CCC(C2)C1C(=O)Nc1ccc(S(=O)(=O)Nc2cc(Cl)cc(Cl)c2)cc1. The van der Waals surface area contributed by atoms with Gasteiger partial charge in [-0.1, -0.05) is 23.2 Å². The number of benzene rings is 2. The van der Waals surface area contributed by atoms with Gasteiger partial charge in [0.1, 0.15) is 0 Å². The summed E-state index contributed by atoms with van der Waals surface area (Å²) in [6.45, 7) is 0. The molecule has 1 amide bonds. The molecule has 0 aliphatic heterocycles. The Balaban J connectivity index is 1.46. The van der Waals surface area contributed by atoms with Crippen LogP contribution in [0.3, 0.4) is 0 Å². The molecule has 0 aromatic heterocycles. The molecule has 0 spiro atoms. The van der Waals surface area contributed by atoms with Crippen molar-refractivity contribution >= 4 is 56.5 Å². The van der Waals surface area contributed by atoms with Gasteiger partial charge in [0.25, 0.3) is 10.0 Å². The second-order valence-electron chi connectivity index (χ2n) is 8.00. The predicted octanol–water partition coefficient (Wildman–Crippen LogP) is 4.48. The number of rotatable bonds is 6. The molecule has 2 aliphatic rings. The maximum Gasteiger partial charge on any atom is 0.307 e. The zero-order valence-corrected chi connectivity index (χ0v) is 18.5. The van der Waals surface area contributed by atoms with Crippen molar-refractivity contribution in [1.29, 1.82) is 0 Å². The summed E-state index contributed by atoms with van der Waals surface area (Å²) in [5, 5.41) is 12.9. The number of halogens is 2. The number of amides is 1. The molecule has 0 saturated heterocycles. The minimum Gasteiger partial charge on any atom is -0.481 e. The van der Waals surface area contributed by atoms with Gasteiger partial charge < -0.3 is 10.4 Å². The largest absolute Gasteiger partial charge is 0.481 e. The van der Waals surface area contributed by atoms with Crippen LogP contribution in [0.15, 0.2) is 47.4 Å². The number of fused-ring (bicyclic) bond motifs is 2. The summed E-state index contributed by atoms with van der Waals surface area (Å²) in [4.78, 5) is 24.4. The molecule has 0 heterocycles. The number of carbonyl (C=O) groups excluding carboxylic acids is 1. The first-order chi connectivity index (χ1) is 14.6. The van der Waals surface area contributed by atoms with Crippen LogP contribution in [0.1, 0.15) is 19.3 Å². The minimum atomic E-state index is -3.89. The van der Waals surface area contributed by atoms with Crippen molar-refractivity contribution in [3.05, 3.63) is 52.5 Å². The number of hydrogen-bond acceptors (Lipinski definition) is 4. The van der Waals surface area contributed by atoms with Gasteiger partial charge in [0.05, 0.1) is 22.4 Å². The average molecular weight is 483 g/mol. The smallest absolute Gasteiger partial charge is 0.307 e. The third kappa shape index (κ3) is 4.51. The molecule has 10 heteroatoms. The van der Waals surface area contributed by atoms with Crippen molar-refractivity contribution in [3.63, 3.8) is 0 Å². The Labute approximate surface area is 189 Å². The molecule has 3 N–H and O–H groups in total. The molecular formula is C21H20Cl2N2O5S. The van der Waals surface area contributed by atoms with Crippen LogP contribution < -0.4 is 10.0 Å². The van der Waals surface area contributed by atoms with Crippen LogP contribution in [0, 0.1) is 23.7 Å². The molecule has 4 atom stereocenters. The van der Waals surface area contributed by atoms with Crippen LogP contribution in [0.25, 0.3) is 0 Å². The normalized spacial score (nSPS) is 24.7. The number of carbonyl (C=O) groups is 2. The second kappa shape index (κ2) is 8.33. The molecule has 2 saturated carbocycles. The first-order valence-electron chi connectivity index (χ1n) is 9.77. The molecule has 2 aromatic rings. The predicted molar refractivity (Wildman–Crippen MR) is 118 cm³/mol. The zero-order valence-electron chi connectivity index (χ0n) is 16.2. The highest BCUT2D eigenvalue weighted by Crippen LogP contribution is 2.52. The number of carboxylic acid groups (broad SMARTS) is 1. The van der Waals surface area contributed by atoms with Gasteiger partial charge in [-0.05, 0) is 73.6 Å². The van der Waals surface area contributed by atoms with Crippen molar-refractivity contribution < 1.29 is 23.1 Å². The van der Waals surface area contributed by atoms with E-state index in [9.17, 15) is 23.1 Å². The Hall–Kier alpha value is -2.29. The number of sulfonamides is 1. The molecule has 2 aromatic carbocycles. The lowest BCUT2D eigenvalue weighted by atomic mass is 9.78. The van der Waals surface area contributed by atoms with Gasteiger partial charge in [-0.2, -0.15) is 0 Å². The van der Waals surface area contributed by atoms with Crippen LogP contribution in [0.5, 0.6) is 0 Å². The summed E-state index contributed by atoms with van der Waals surface area (Å²) in [6, 6.07) is 10.0. The standard InChI is InChI=1S/C21H20Cl2N2O5S/c22-13-8-14(23)10-16(9-13)25-31(29,30)17-5-3-15(4-6-17)24-20(26)18-11-1-2-12(7-11)19(18)21(27)28/h3-6,8-12,18-19,25H,1-2,7H2,(H,24,26)(H,27,28). The van der Waals surface area contributed by atoms with Crippen LogP contribution in [-0.4, -0.2) is 25.4 Å². The molecular weight excluding hydrogens is 463 g/mol. The summed E-state index contributed by atoms with van der Waals surface area (Å²) in [5.41, 5.74) is 0.632. The quantitative estimate of drug-likeness (QED) is 0.561. The van der Waals surface area contributed by atoms with Gasteiger partial charge >= 0.3 is 5.97 Å². The first-order valence-corrected chi connectivity index (χ1v) is 12.0. The summed E-state index contributed by atoms with van der Waals surface area (Å²) in [5.74, 6) is -2.35. The van der Waals surface area contributed by atoms with Crippen molar-refractivity contribution in [2.45, 2.75) is 24.2 Å². The van der Waals surface area contributed by atoms with E-state index in [4.69, 9.17) is 23.2 Å². The van der Waals surface area contributed by atoms with Crippen LogP contribution in [0.2, 0.25) is 10.0 Å². The Morgan fingerprint density at radius 3 is 2.06 bits per heavy atom. The molecule has 4 rings (SSSR count). The number of aliphatic carboxylic acids is 1. The van der Waals surface area contributed by atoms with Crippen LogP contribution >= 0.6 is 23.2 Å². The number of hydrogen-bond donors (Lipinski definition) is 3. The average Bonchev–Trinajstić information content (AvgIpc) is 3.28. The molecule has 164 valence electrons. The van der Waals surface area contributed by atoms with E-state index in [1.54, 1.807) is 0 Å². The maximum atomic E-state index is 12.8. The monoisotopic (exact) mass is 482 g/mol. The highest BCUT2D eigenvalue weighted by atomic mass is 35.5. The van der Waals surface area contributed by atoms with E-state index >= 15 is 0 Å². The molecule has 0 radical (unpaired) electrons. The molecule has 7 nitrogen and oxygen atoms in total. The fraction of sp³-hybridized carbons (Fsp3) is 0.333. The van der Waals surface area contributed by atoms with E-state index in [0.717, 1.165) is 19.3 Å². The van der Waals surface area contributed by atoms with E-state index in [1.165, 1.54) is 42.5 Å². The van der Waals surface area contributed by atoms with E-state index in [-0.39, 0.29) is 28.3 Å². The van der Waals surface area contributed by atoms with Crippen molar-refractivity contribution in [3.8, 4) is 0 Å². The minimum absolute atomic E-state index is 0.00932. The van der Waals surface area contributed by atoms with E-state index in [1.807, 2.05) is 0 Å². The molecule has 31 heavy (non-hydrogen) atoms. The summed E-state index contributed by atoms with van der Waals surface area (Å²) in [6.07, 6.45) is 2.48. The molecule has 2 bridgehead atoms. The van der Waals surface area contributed by atoms with Crippen molar-refractivity contribution in [1.82, 2.24) is 0 Å². The Morgan fingerprint density at radius 1 is 0.903 bits per heavy atom. The van der Waals surface area contributed by atoms with Gasteiger partial charge in [-0.25, -0.2) is 8.42 Å². The Bertz CT molecular complexity index is 1120. The highest BCUT2D eigenvalue weighted by molar-refractivity contribution is 7.92. The summed E-state index contributed by atoms with van der Waals surface area (Å²) in [7, 11) is -3.89. The summed E-state index contributed by atoms with van der Waals surface area (Å²) < 4.78 is 27.7. The zero-order chi connectivity index (χ0) is 22.3. The third-order valence-electron chi connectivity index (χ3n) is 6.05. The van der Waals surface area contributed by atoms with Gasteiger partial charge in [-0.3, -0.25) is 14.3 Å². The van der Waals surface area contributed by atoms with Crippen molar-refractivity contribution in [2.75, 3.05) is 10.0 Å². The van der Waals surface area contributed by atoms with E-state index < -0.39 is 27.8 Å². The summed E-state index contributed by atoms with van der Waals surface area (Å²) >= 11 is 11.8. The molecule has 2 fully saturated rings. The first kappa shape index (κ1) is 21.9.